The minimum atomic E-state index is -3.91. The van der Waals surface area contributed by atoms with Crippen LogP contribution in [0.3, 0.4) is 0 Å². The van der Waals surface area contributed by atoms with Gasteiger partial charge in [0.25, 0.3) is 16.0 Å². The van der Waals surface area contributed by atoms with E-state index in [1.165, 1.54) is 25.4 Å². The first kappa shape index (κ1) is 13.4. The zero-order valence-corrected chi connectivity index (χ0v) is 11.2. The molecule has 0 saturated carbocycles. The average Bonchev–Trinajstić information content (AvgIpc) is 2.73. The molecule has 8 nitrogen and oxygen atoms in total. The van der Waals surface area contributed by atoms with Gasteiger partial charge in [-0.15, -0.1) is 16.4 Å². The van der Waals surface area contributed by atoms with E-state index in [1.807, 2.05) is 0 Å². The highest BCUT2D eigenvalue weighted by Crippen LogP contribution is 2.26. The molecule has 2 aromatic heterocycles. The van der Waals surface area contributed by atoms with Gasteiger partial charge in [-0.05, 0) is 18.6 Å². The second kappa shape index (κ2) is 4.90. The molecule has 2 rings (SSSR count). The topological polar surface area (TPSA) is 122 Å². The van der Waals surface area contributed by atoms with Gasteiger partial charge in [-0.2, -0.15) is 5.10 Å². The molecule has 2 aromatic rings. The van der Waals surface area contributed by atoms with Crippen molar-refractivity contribution < 1.29 is 18.3 Å². The zero-order valence-electron chi connectivity index (χ0n) is 9.56. The monoisotopic (exact) mass is 300 g/mol. The van der Waals surface area contributed by atoms with Crippen LogP contribution in [0.15, 0.2) is 22.7 Å². The maximum Gasteiger partial charge on any atom is 0.346 e. The van der Waals surface area contributed by atoms with Crippen LogP contribution in [0.2, 0.25) is 0 Å². The molecule has 0 aliphatic rings. The maximum atomic E-state index is 12.0. The number of sulfonamides is 1. The first-order chi connectivity index (χ1) is 8.90. The third-order valence-corrected chi connectivity index (χ3v) is 5.09. The van der Waals surface area contributed by atoms with E-state index in [1.54, 1.807) is 0 Å². The number of thiophene rings is 1. The Kier molecular flexibility index (Phi) is 3.44. The van der Waals surface area contributed by atoms with Crippen LogP contribution in [0.1, 0.15) is 15.2 Å². The highest BCUT2D eigenvalue weighted by Gasteiger charge is 2.22. The Hall–Kier alpha value is -2.07. The highest BCUT2D eigenvalue weighted by atomic mass is 32.2. The van der Waals surface area contributed by atoms with Gasteiger partial charge in [0.1, 0.15) is 9.09 Å². The molecule has 0 spiro atoms. The van der Waals surface area contributed by atoms with Crippen molar-refractivity contribution in [3.05, 3.63) is 28.9 Å². The minimum Gasteiger partial charge on any atom is -0.477 e. The van der Waals surface area contributed by atoms with Crippen molar-refractivity contribution in [2.75, 3.05) is 4.72 Å². The van der Waals surface area contributed by atoms with Gasteiger partial charge in [-0.1, -0.05) is 0 Å². The van der Waals surface area contributed by atoms with Gasteiger partial charge >= 0.3 is 5.97 Å². The number of rotatable bonds is 4. The number of aromatic nitrogens is 3. The summed E-state index contributed by atoms with van der Waals surface area (Å²) in [6, 6.07) is 1.28. The van der Waals surface area contributed by atoms with E-state index in [2.05, 4.69) is 19.9 Å². The Morgan fingerprint density at radius 1 is 1.42 bits per heavy atom. The smallest absolute Gasteiger partial charge is 0.346 e. The van der Waals surface area contributed by atoms with Crippen molar-refractivity contribution in [3.8, 4) is 0 Å². The van der Waals surface area contributed by atoms with Crippen molar-refractivity contribution in [1.82, 2.24) is 15.2 Å². The van der Waals surface area contributed by atoms with Crippen LogP contribution in [0, 0.1) is 6.92 Å². The van der Waals surface area contributed by atoms with Gasteiger partial charge in [0.15, 0.2) is 0 Å². The van der Waals surface area contributed by atoms with Crippen LogP contribution in [0.25, 0.3) is 0 Å². The fraction of sp³-hybridized carbons (Fsp3) is 0.111. The molecule has 100 valence electrons. The molecule has 0 amide bonds. The molecule has 0 saturated heterocycles. The SMILES string of the molecule is Cc1cc(S(=O)(=O)Nc2nccnn2)sc1C(=O)O. The highest BCUT2D eigenvalue weighted by molar-refractivity contribution is 7.94. The molecular formula is C9H8N4O4S2. The largest absolute Gasteiger partial charge is 0.477 e. The van der Waals surface area contributed by atoms with E-state index in [-0.39, 0.29) is 15.0 Å². The van der Waals surface area contributed by atoms with Crippen molar-refractivity contribution in [3.63, 3.8) is 0 Å². The van der Waals surface area contributed by atoms with Crippen molar-refractivity contribution in [2.24, 2.45) is 0 Å². The molecule has 0 fully saturated rings. The second-order valence-electron chi connectivity index (χ2n) is 3.45. The van der Waals surface area contributed by atoms with Crippen molar-refractivity contribution in [1.29, 1.82) is 0 Å². The third-order valence-electron chi connectivity index (χ3n) is 2.06. The Labute approximate surface area is 112 Å². The Bertz CT molecular complexity index is 711. The molecule has 0 bridgehead atoms. The van der Waals surface area contributed by atoms with E-state index >= 15 is 0 Å². The first-order valence-electron chi connectivity index (χ1n) is 4.90. The summed E-state index contributed by atoms with van der Waals surface area (Å²) in [6.45, 7) is 1.53. The molecule has 0 aliphatic heterocycles. The first-order valence-corrected chi connectivity index (χ1v) is 7.20. The van der Waals surface area contributed by atoms with E-state index in [0.717, 1.165) is 0 Å². The fourth-order valence-corrected chi connectivity index (χ4v) is 3.59. The van der Waals surface area contributed by atoms with Gasteiger partial charge in [-0.3, -0.25) is 0 Å². The van der Waals surface area contributed by atoms with Gasteiger partial charge in [0, 0.05) is 0 Å². The molecule has 10 heteroatoms. The summed E-state index contributed by atoms with van der Waals surface area (Å²) in [5.41, 5.74) is 0.380. The van der Waals surface area contributed by atoms with Crippen LogP contribution in [0.4, 0.5) is 5.95 Å². The number of aromatic carboxylic acids is 1. The zero-order chi connectivity index (χ0) is 14.0. The Morgan fingerprint density at radius 3 is 2.68 bits per heavy atom. The normalized spacial score (nSPS) is 11.2. The lowest BCUT2D eigenvalue weighted by Crippen LogP contribution is -2.14. The van der Waals surface area contributed by atoms with Crippen LogP contribution in [0.5, 0.6) is 0 Å². The number of nitrogens with zero attached hydrogens (tertiary/aromatic N) is 3. The van der Waals surface area contributed by atoms with Gasteiger partial charge in [-0.25, -0.2) is 22.9 Å². The predicted molar refractivity (Wildman–Crippen MR) is 66.7 cm³/mol. The molecule has 0 radical (unpaired) electrons. The van der Waals surface area contributed by atoms with E-state index in [4.69, 9.17) is 5.11 Å². The summed E-state index contributed by atoms with van der Waals surface area (Å²) in [5.74, 6) is -1.34. The average molecular weight is 300 g/mol. The molecule has 2 N–H and O–H groups in total. The number of anilines is 1. The molecule has 0 aliphatic carbocycles. The predicted octanol–water partition coefficient (Wildman–Crippen LogP) is 0.741. The summed E-state index contributed by atoms with van der Waals surface area (Å²) >= 11 is 0.668. The summed E-state index contributed by atoms with van der Waals surface area (Å²) in [5, 5.41) is 15.9. The lowest BCUT2D eigenvalue weighted by Gasteiger charge is -2.02. The quantitative estimate of drug-likeness (QED) is 0.853. The lowest BCUT2D eigenvalue weighted by atomic mass is 10.3. The van der Waals surface area contributed by atoms with Crippen LogP contribution in [-0.4, -0.2) is 34.7 Å². The molecule has 0 aromatic carbocycles. The summed E-state index contributed by atoms with van der Waals surface area (Å²) in [6.07, 6.45) is 2.59. The number of carboxylic acids is 1. The third kappa shape index (κ3) is 2.85. The fourth-order valence-electron chi connectivity index (χ4n) is 1.26. The Morgan fingerprint density at radius 2 is 2.16 bits per heavy atom. The maximum absolute atomic E-state index is 12.0. The molecule has 2 heterocycles. The minimum absolute atomic E-state index is 0.0209. The molecule has 0 unspecified atom stereocenters. The lowest BCUT2D eigenvalue weighted by molar-refractivity contribution is 0.0701. The van der Waals surface area contributed by atoms with Gasteiger partial charge in [0.2, 0.25) is 0 Å². The number of nitrogens with one attached hydrogen (secondary N) is 1. The van der Waals surface area contributed by atoms with Crippen LogP contribution < -0.4 is 4.72 Å². The molecule has 19 heavy (non-hydrogen) atoms. The molecular weight excluding hydrogens is 292 g/mol. The van der Waals surface area contributed by atoms with Crippen LogP contribution >= 0.6 is 11.3 Å². The number of aryl methyl sites for hydroxylation is 1. The molecule has 0 atom stereocenters. The van der Waals surface area contributed by atoms with Crippen LogP contribution in [-0.2, 0) is 10.0 Å². The van der Waals surface area contributed by atoms with Gasteiger partial charge < -0.3 is 5.11 Å². The van der Waals surface area contributed by atoms with E-state index in [9.17, 15) is 13.2 Å². The van der Waals surface area contributed by atoms with Crippen molar-refractivity contribution >= 4 is 33.3 Å². The second-order valence-corrected chi connectivity index (χ2v) is 6.42. The number of hydrogen-bond acceptors (Lipinski definition) is 7. The summed E-state index contributed by atoms with van der Waals surface area (Å²) < 4.78 is 26.0. The van der Waals surface area contributed by atoms with Crippen molar-refractivity contribution in [2.45, 2.75) is 11.1 Å². The number of carbonyl (C=O) groups is 1. The van der Waals surface area contributed by atoms with E-state index < -0.39 is 16.0 Å². The van der Waals surface area contributed by atoms with Gasteiger partial charge in [0.05, 0.1) is 12.4 Å². The number of carboxylic acid groups (broad SMARTS) is 1. The summed E-state index contributed by atoms with van der Waals surface area (Å²) in [4.78, 5) is 14.5. The Balaban J connectivity index is 2.35. The summed E-state index contributed by atoms with van der Waals surface area (Å²) in [7, 11) is -3.91. The van der Waals surface area contributed by atoms with E-state index in [0.29, 0.717) is 16.9 Å². The number of hydrogen-bond donors (Lipinski definition) is 2. The standard InChI is InChI=1S/C9H8N4O4S2/c1-5-4-6(18-7(5)8(14)15)19(16,17)13-9-10-2-3-11-12-9/h2-4H,1H3,(H,14,15)(H,10,12,13).